The molecule has 25 heavy (non-hydrogen) atoms. The number of likely N-dealkylation sites (tertiary alicyclic amines) is 1. The molecule has 1 fully saturated rings. The summed E-state index contributed by atoms with van der Waals surface area (Å²) in [7, 11) is 0. The van der Waals surface area contributed by atoms with Gasteiger partial charge in [-0.1, -0.05) is 17.7 Å². The minimum absolute atomic E-state index is 0.00639. The predicted octanol–water partition coefficient (Wildman–Crippen LogP) is 3.59. The quantitative estimate of drug-likeness (QED) is 0.888. The Bertz CT molecular complexity index is 756. The number of rotatable bonds is 5. The van der Waals surface area contributed by atoms with E-state index in [0.717, 1.165) is 25.9 Å². The maximum atomic E-state index is 12.2. The van der Waals surface area contributed by atoms with Gasteiger partial charge in [-0.15, -0.1) is 0 Å². The van der Waals surface area contributed by atoms with Gasteiger partial charge in [0.1, 0.15) is 5.75 Å². The molecule has 0 spiro atoms. The highest BCUT2D eigenvalue weighted by atomic mass is 35.5. The van der Waals surface area contributed by atoms with Gasteiger partial charge in [0.2, 0.25) is 0 Å². The van der Waals surface area contributed by atoms with Crippen molar-refractivity contribution < 1.29 is 14.3 Å². The van der Waals surface area contributed by atoms with E-state index in [1.54, 1.807) is 48.5 Å². The van der Waals surface area contributed by atoms with Gasteiger partial charge in [-0.05, 0) is 49.2 Å². The molecule has 1 saturated heterocycles. The first-order chi connectivity index (χ1) is 12.1. The summed E-state index contributed by atoms with van der Waals surface area (Å²) in [5.41, 5.74) is 1.12. The summed E-state index contributed by atoms with van der Waals surface area (Å²) in [6.45, 7) is 1.62. The Balaban J connectivity index is 1.58. The number of nitrogens with zero attached hydrogens (tertiary/aromatic N) is 1. The molecule has 130 valence electrons. The van der Waals surface area contributed by atoms with Gasteiger partial charge in [-0.3, -0.25) is 9.59 Å². The third-order valence-electron chi connectivity index (χ3n) is 4.02. The summed E-state index contributed by atoms with van der Waals surface area (Å²) in [6.07, 6.45) is 2.11. The Morgan fingerprint density at radius 2 is 1.80 bits per heavy atom. The summed E-state index contributed by atoms with van der Waals surface area (Å²) in [4.78, 5) is 26.0. The highest BCUT2D eigenvalue weighted by Crippen LogP contribution is 2.19. The van der Waals surface area contributed by atoms with E-state index in [1.807, 2.05) is 4.90 Å². The Morgan fingerprint density at radius 1 is 1.08 bits per heavy atom. The van der Waals surface area contributed by atoms with Crippen LogP contribution in [0.5, 0.6) is 5.75 Å². The molecular formula is C19H19ClN2O3. The van der Waals surface area contributed by atoms with Crippen molar-refractivity contribution in [1.29, 1.82) is 0 Å². The van der Waals surface area contributed by atoms with Crippen LogP contribution in [0.2, 0.25) is 5.02 Å². The van der Waals surface area contributed by atoms with E-state index >= 15 is 0 Å². The molecule has 2 aromatic carbocycles. The third kappa shape index (κ3) is 4.73. The van der Waals surface area contributed by atoms with E-state index in [0.29, 0.717) is 22.0 Å². The number of nitrogens with one attached hydrogen (secondary N) is 1. The maximum absolute atomic E-state index is 12.2. The molecule has 0 saturated carbocycles. The van der Waals surface area contributed by atoms with Crippen LogP contribution in [0.3, 0.4) is 0 Å². The van der Waals surface area contributed by atoms with Crippen LogP contribution in [0.1, 0.15) is 23.2 Å². The zero-order chi connectivity index (χ0) is 17.6. The van der Waals surface area contributed by atoms with Gasteiger partial charge in [-0.25, -0.2) is 0 Å². The van der Waals surface area contributed by atoms with Crippen LogP contribution in [0.25, 0.3) is 0 Å². The average Bonchev–Trinajstić information content (AvgIpc) is 3.15. The smallest absolute Gasteiger partial charge is 0.260 e. The van der Waals surface area contributed by atoms with Crippen LogP contribution in [0, 0.1) is 0 Å². The third-order valence-corrected chi connectivity index (χ3v) is 4.27. The lowest BCUT2D eigenvalue weighted by atomic mass is 10.2. The fraction of sp³-hybridized carbons (Fsp3) is 0.263. The first-order valence-electron chi connectivity index (χ1n) is 8.19. The van der Waals surface area contributed by atoms with Crippen molar-refractivity contribution in [2.75, 3.05) is 25.0 Å². The van der Waals surface area contributed by atoms with Gasteiger partial charge < -0.3 is 15.0 Å². The highest BCUT2D eigenvalue weighted by molar-refractivity contribution is 6.30. The number of amides is 2. The number of benzene rings is 2. The zero-order valence-corrected chi connectivity index (χ0v) is 14.5. The molecule has 0 radical (unpaired) electrons. The molecule has 1 N–H and O–H groups in total. The Morgan fingerprint density at radius 3 is 2.52 bits per heavy atom. The molecule has 3 rings (SSSR count). The monoisotopic (exact) mass is 358 g/mol. The number of halogens is 1. The van der Waals surface area contributed by atoms with Gasteiger partial charge in [-0.2, -0.15) is 0 Å². The predicted molar refractivity (Wildman–Crippen MR) is 97.2 cm³/mol. The first-order valence-corrected chi connectivity index (χ1v) is 8.57. The molecule has 2 aromatic rings. The fourth-order valence-corrected chi connectivity index (χ4v) is 2.80. The SMILES string of the molecule is O=C(Nc1cccc(OCC(=O)N2CCCC2)c1)c1ccc(Cl)cc1. The molecule has 6 heteroatoms. The minimum Gasteiger partial charge on any atom is -0.484 e. The topological polar surface area (TPSA) is 58.6 Å². The summed E-state index contributed by atoms with van der Waals surface area (Å²) in [5.74, 6) is 0.302. The van der Waals surface area contributed by atoms with E-state index in [4.69, 9.17) is 16.3 Å². The molecule has 1 aliphatic rings. The fourth-order valence-electron chi connectivity index (χ4n) is 2.67. The maximum Gasteiger partial charge on any atom is 0.260 e. The van der Waals surface area contributed by atoms with E-state index in [9.17, 15) is 9.59 Å². The van der Waals surface area contributed by atoms with Gasteiger partial charge in [0, 0.05) is 35.4 Å². The van der Waals surface area contributed by atoms with Gasteiger partial charge in [0.15, 0.2) is 6.61 Å². The molecule has 1 aliphatic heterocycles. The normalized spacial score (nSPS) is 13.6. The van der Waals surface area contributed by atoms with Crippen molar-refractivity contribution in [3.8, 4) is 5.75 Å². The van der Waals surface area contributed by atoms with Crippen molar-refractivity contribution in [3.63, 3.8) is 0 Å². The summed E-state index contributed by atoms with van der Waals surface area (Å²) < 4.78 is 5.56. The molecule has 1 heterocycles. The summed E-state index contributed by atoms with van der Waals surface area (Å²) >= 11 is 5.83. The second kappa shape index (κ2) is 8.03. The number of hydrogen-bond donors (Lipinski definition) is 1. The molecule has 5 nitrogen and oxygen atoms in total. The average molecular weight is 359 g/mol. The van der Waals surface area contributed by atoms with Crippen LogP contribution in [0.4, 0.5) is 5.69 Å². The van der Waals surface area contributed by atoms with Crippen molar-refractivity contribution >= 4 is 29.1 Å². The number of ether oxygens (including phenoxy) is 1. The van der Waals surface area contributed by atoms with E-state index < -0.39 is 0 Å². The van der Waals surface area contributed by atoms with Crippen LogP contribution in [-0.4, -0.2) is 36.4 Å². The van der Waals surface area contributed by atoms with Crippen LogP contribution in [0.15, 0.2) is 48.5 Å². The lowest BCUT2D eigenvalue weighted by Crippen LogP contribution is -2.32. The largest absolute Gasteiger partial charge is 0.484 e. The molecule has 0 aliphatic carbocycles. The second-order valence-corrected chi connectivity index (χ2v) is 6.30. The Hall–Kier alpha value is -2.53. The lowest BCUT2D eigenvalue weighted by molar-refractivity contribution is -0.132. The van der Waals surface area contributed by atoms with Crippen LogP contribution in [-0.2, 0) is 4.79 Å². The first kappa shape index (κ1) is 17.3. The van der Waals surface area contributed by atoms with Crippen molar-refractivity contribution in [2.45, 2.75) is 12.8 Å². The molecule has 0 aromatic heterocycles. The molecular weight excluding hydrogens is 340 g/mol. The van der Waals surface area contributed by atoms with Crippen molar-refractivity contribution in [2.24, 2.45) is 0 Å². The minimum atomic E-state index is -0.234. The van der Waals surface area contributed by atoms with Crippen molar-refractivity contribution in [3.05, 3.63) is 59.1 Å². The standard InChI is InChI=1S/C19H19ClN2O3/c20-15-8-6-14(7-9-15)19(24)21-16-4-3-5-17(12-16)25-13-18(23)22-10-1-2-11-22/h3-9,12H,1-2,10-11,13H2,(H,21,24). The van der Waals surface area contributed by atoms with E-state index in [-0.39, 0.29) is 18.4 Å². The molecule has 0 atom stereocenters. The van der Waals surface area contributed by atoms with E-state index in [1.165, 1.54) is 0 Å². The summed E-state index contributed by atoms with van der Waals surface area (Å²) in [5, 5.41) is 3.38. The Kier molecular flexibility index (Phi) is 5.56. The summed E-state index contributed by atoms with van der Waals surface area (Å²) in [6, 6.07) is 13.6. The lowest BCUT2D eigenvalue weighted by Gasteiger charge is -2.15. The van der Waals surface area contributed by atoms with Gasteiger partial charge >= 0.3 is 0 Å². The number of anilines is 1. The zero-order valence-electron chi connectivity index (χ0n) is 13.7. The number of hydrogen-bond acceptors (Lipinski definition) is 3. The van der Waals surface area contributed by atoms with Gasteiger partial charge in [0.05, 0.1) is 0 Å². The van der Waals surface area contributed by atoms with Gasteiger partial charge in [0.25, 0.3) is 11.8 Å². The van der Waals surface area contributed by atoms with Crippen LogP contribution >= 0.6 is 11.6 Å². The van der Waals surface area contributed by atoms with Crippen molar-refractivity contribution in [1.82, 2.24) is 4.90 Å². The Labute approximate surface area is 151 Å². The van der Waals surface area contributed by atoms with Crippen LogP contribution < -0.4 is 10.1 Å². The van der Waals surface area contributed by atoms with E-state index in [2.05, 4.69) is 5.32 Å². The molecule has 0 unspecified atom stereocenters. The number of carbonyl (C=O) groups excluding carboxylic acids is 2. The number of carbonyl (C=O) groups is 2. The molecule has 0 bridgehead atoms. The molecule has 2 amide bonds. The second-order valence-electron chi connectivity index (χ2n) is 5.87. The highest BCUT2D eigenvalue weighted by Gasteiger charge is 2.18.